The molecule has 2 fully saturated rings. The van der Waals surface area contributed by atoms with Gasteiger partial charge in [-0.1, -0.05) is 31.0 Å². The number of hydrogen-bond donors (Lipinski definition) is 2. The topological polar surface area (TPSA) is 78.5 Å². The van der Waals surface area contributed by atoms with Gasteiger partial charge in [0.2, 0.25) is 11.8 Å². The smallest absolute Gasteiger partial charge is 0.251 e. The molecule has 0 spiro atoms. The van der Waals surface area contributed by atoms with Crippen molar-refractivity contribution in [2.45, 2.75) is 57.0 Å². The fourth-order valence-corrected chi connectivity index (χ4v) is 4.44. The van der Waals surface area contributed by atoms with Crippen LogP contribution in [-0.2, 0) is 9.59 Å². The van der Waals surface area contributed by atoms with Gasteiger partial charge in [-0.15, -0.1) is 11.6 Å². The lowest BCUT2D eigenvalue weighted by Crippen LogP contribution is -2.55. The number of halogens is 1. The predicted octanol–water partition coefficient (Wildman–Crippen LogP) is 2.71. The van der Waals surface area contributed by atoms with Crippen LogP contribution in [0, 0.1) is 5.92 Å². The SMILES string of the molecule is O=C(N[C@@H]1CCCC[C@H]1NC(=O)[C@@H]1CCCN(C(=O)CCCl)C1)c1ccccc1. The molecular formula is C22H30ClN3O3. The number of rotatable bonds is 6. The Morgan fingerprint density at radius 2 is 1.66 bits per heavy atom. The molecule has 6 nitrogen and oxygen atoms in total. The van der Waals surface area contributed by atoms with E-state index in [2.05, 4.69) is 10.6 Å². The van der Waals surface area contributed by atoms with Crippen molar-refractivity contribution in [2.75, 3.05) is 19.0 Å². The van der Waals surface area contributed by atoms with Crippen LogP contribution in [0.1, 0.15) is 55.3 Å². The molecule has 2 N–H and O–H groups in total. The fraction of sp³-hybridized carbons (Fsp3) is 0.591. The Morgan fingerprint density at radius 3 is 2.34 bits per heavy atom. The van der Waals surface area contributed by atoms with Crippen LogP contribution >= 0.6 is 11.6 Å². The summed E-state index contributed by atoms with van der Waals surface area (Å²) in [5.41, 5.74) is 0.629. The van der Waals surface area contributed by atoms with Crippen molar-refractivity contribution in [1.82, 2.24) is 15.5 Å². The quantitative estimate of drug-likeness (QED) is 0.696. The summed E-state index contributed by atoms with van der Waals surface area (Å²) in [6.45, 7) is 1.15. The lowest BCUT2D eigenvalue weighted by molar-refractivity contribution is -0.135. The first-order valence-corrected chi connectivity index (χ1v) is 11.1. The third-order valence-corrected chi connectivity index (χ3v) is 6.09. The Hall–Kier alpha value is -2.08. The molecule has 158 valence electrons. The number of hydrogen-bond acceptors (Lipinski definition) is 3. The van der Waals surface area contributed by atoms with Gasteiger partial charge in [0.1, 0.15) is 0 Å². The molecule has 1 heterocycles. The minimum atomic E-state index is -0.199. The van der Waals surface area contributed by atoms with Gasteiger partial charge in [-0.3, -0.25) is 14.4 Å². The summed E-state index contributed by atoms with van der Waals surface area (Å²) in [5.74, 6) is 0.00180. The maximum atomic E-state index is 12.9. The number of benzene rings is 1. The van der Waals surface area contributed by atoms with Crippen LogP contribution in [0.25, 0.3) is 0 Å². The molecule has 1 aromatic rings. The second-order valence-electron chi connectivity index (χ2n) is 7.96. The van der Waals surface area contributed by atoms with Crippen LogP contribution in [0.2, 0.25) is 0 Å². The molecule has 0 radical (unpaired) electrons. The minimum Gasteiger partial charge on any atom is -0.351 e. The molecule has 7 heteroatoms. The molecule has 1 saturated carbocycles. The fourth-order valence-electron chi connectivity index (χ4n) is 4.27. The number of carbonyl (C=O) groups is 3. The van der Waals surface area contributed by atoms with Crippen LogP contribution in [0.15, 0.2) is 30.3 Å². The molecule has 29 heavy (non-hydrogen) atoms. The molecule has 0 aromatic heterocycles. The first kappa shape index (κ1) is 21.6. The van der Waals surface area contributed by atoms with E-state index in [4.69, 9.17) is 11.6 Å². The Kier molecular flexibility index (Phi) is 7.92. The second kappa shape index (κ2) is 10.6. The highest BCUT2D eigenvalue weighted by molar-refractivity contribution is 6.18. The van der Waals surface area contributed by atoms with E-state index in [-0.39, 0.29) is 35.7 Å². The second-order valence-corrected chi connectivity index (χ2v) is 8.34. The van der Waals surface area contributed by atoms with Crippen LogP contribution in [0.3, 0.4) is 0 Å². The molecule has 3 atom stereocenters. The van der Waals surface area contributed by atoms with Crippen LogP contribution in [-0.4, -0.2) is 53.7 Å². The number of nitrogens with one attached hydrogen (secondary N) is 2. The zero-order chi connectivity index (χ0) is 20.6. The van der Waals surface area contributed by atoms with Gasteiger partial charge in [0.05, 0.1) is 5.92 Å². The van der Waals surface area contributed by atoms with Crippen molar-refractivity contribution in [3.05, 3.63) is 35.9 Å². The van der Waals surface area contributed by atoms with Crippen LogP contribution < -0.4 is 10.6 Å². The number of carbonyl (C=O) groups excluding carboxylic acids is 3. The molecule has 3 rings (SSSR count). The van der Waals surface area contributed by atoms with Crippen molar-refractivity contribution in [1.29, 1.82) is 0 Å². The molecule has 1 aromatic carbocycles. The average Bonchev–Trinajstić information content (AvgIpc) is 2.76. The number of alkyl halides is 1. The van der Waals surface area contributed by atoms with E-state index in [0.717, 1.165) is 38.5 Å². The Labute approximate surface area is 177 Å². The van der Waals surface area contributed by atoms with Crippen molar-refractivity contribution in [2.24, 2.45) is 5.92 Å². The molecule has 1 aliphatic heterocycles. The molecule has 0 bridgehead atoms. The van der Waals surface area contributed by atoms with Gasteiger partial charge in [0.25, 0.3) is 5.91 Å². The summed E-state index contributed by atoms with van der Waals surface area (Å²) in [7, 11) is 0. The summed E-state index contributed by atoms with van der Waals surface area (Å²) in [4.78, 5) is 39.3. The van der Waals surface area contributed by atoms with Gasteiger partial charge in [-0.25, -0.2) is 0 Å². The maximum absolute atomic E-state index is 12.9. The van der Waals surface area contributed by atoms with Gasteiger partial charge >= 0.3 is 0 Å². The number of nitrogens with zero attached hydrogens (tertiary/aromatic N) is 1. The largest absolute Gasteiger partial charge is 0.351 e. The molecule has 3 amide bonds. The zero-order valence-corrected chi connectivity index (χ0v) is 17.5. The summed E-state index contributed by atoms with van der Waals surface area (Å²) >= 11 is 5.68. The lowest BCUT2D eigenvalue weighted by Gasteiger charge is -2.36. The third-order valence-electron chi connectivity index (χ3n) is 5.90. The van der Waals surface area contributed by atoms with E-state index in [0.29, 0.717) is 31.0 Å². The van der Waals surface area contributed by atoms with E-state index in [1.165, 1.54) is 0 Å². The van der Waals surface area contributed by atoms with E-state index < -0.39 is 0 Å². The number of piperidine rings is 1. The number of likely N-dealkylation sites (tertiary alicyclic amines) is 1. The van der Waals surface area contributed by atoms with Gasteiger partial charge in [0, 0.05) is 43.0 Å². The van der Waals surface area contributed by atoms with E-state index >= 15 is 0 Å². The van der Waals surface area contributed by atoms with Crippen LogP contribution in [0.5, 0.6) is 0 Å². The molecular weight excluding hydrogens is 390 g/mol. The lowest BCUT2D eigenvalue weighted by atomic mass is 9.88. The molecule has 1 aliphatic carbocycles. The van der Waals surface area contributed by atoms with Crippen molar-refractivity contribution in [3.63, 3.8) is 0 Å². The summed E-state index contributed by atoms with van der Waals surface area (Å²) in [6, 6.07) is 9.01. The monoisotopic (exact) mass is 419 g/mol. The first-order chi connectivity index (χ1) is 14.1. The van der Waals surface area contributed by atoms with E-state index in [1.807, 2.05) is 18.2 Å². The molecule has 2 aliphatic rings. The summed E-state index contributed by atoms with van der Waals surface area (Å²) in [5, 5.41) is 6.27. The Balaban J connectivity index is 1.57. The zero-order valence-electron chi connectivity index (χ0n) is 16.7. The van der Waals surface area contributed by atoms with Crippen molar-refractivity contribution >= 4 is 29.3 Å². The molecule has 0 unspecified atom stereocenters. The Morgan fingerprint density at radius 1 is 0.966 bits per heavy atom. The highest BCUT2D eigenvalue weighted by atomic mass is 35.5. The van der Waals surface area contributed by atoms with Crippen molar-refractivity contribution < 1.29 is 14.4 Å². The highest BCUT2D eigenvalue weighted by Crippen LogP contribution is 2.22. The normalized spacial score (nSPS) is 24.6. The van der Waals surface area contributed by atoms with Gasteiger partial charge in [-0.05, 0) is 37.8 Å². The van der Waals surface area contributed by atoms with E-state index in [9.17, 15) is 14.4 Å². The van der Waals surface area contributed by atoms with Crippen molar-refractivity contribution in [3.8, 4) is 0 Å². The standard InChI is InChI=1S/C22H30ClN3O3/c23-13-12-20(27)26-14-6-9-17(15-26)22(29)25-19-11-5-4-10-18(19)24-21(28)16-7-2-1-3-8-16/h1-3,7-8,17-19H,4-6,9-15H2,(H,24,28)(H,25,29)/t17-,18-,19-/m1/s1. The summed E-state index contributed by atoms with van der Waals surface area (Å²) in [6.07, 6.45) is 5.70. The van der Waals surface area contributed by atoms with E-state index in [1.54, 1.807) is 17.0 Å². The van der Waals surface area contributed by atoms with Crippen LogP contribution in [0.4, 0.5) is 0 Å². The van der Waals surface area contributed by atoms with Gasteiger partial charge in [0.15, 0.2) is 0 Å². The molecule has 1 saturated heterocycles. The average molecular weight is 420 g/mol. The van der Waals surface area contributed by atoms with Gasteiger partial charge < -0.3 is 15.5 Å². The summed E-state index contributed by atoms with van der Waals surface area (Å²) < 4.78 is 0. The third kappa shape index (κ3) is 5.95. The predicted molar refractivity (Wildman–Crippen MR) is 113 cm³/mol. The number of amides is 3. The minimum absolute atomic E-state index is 0.0146. The first-order valence-electron chi connectivity index (χ1n) is 10.6. The highest BCUT2D eigenvalue weighted by Gasteiger charge is 2.33. The maximum Gasteiger partial charge on any atom is 0.251 e. The Bertz CT molecular complexity index is 713. The van der Waals surface area contributed by atoms with Gasteiger partial charge in [-0.2, -0.15) is 0 Å².